The van der Waals surface area contributed by atoms with Gasteiger partial charge in [-0.05, 0) is 44.3 Å². The molecule has 0 saturated carbocycles. The zero-order chi connectivity index (χ0) is 15.5. The van der Waals surface area contributed by atoms with Crippen molar-refractivity contribution in [2.24, 2.45) is 0 Å². The molecule has 0 aliphatic carbocycles. The second-order valence-corrected chi connectivity index (χ2v) is 5.96. The van der Waals surface area contributed by atoms with Gasteiger partial charge in [-0.1, -0.05) is 18.2 Å². The Labute approximate surface area is 133 Å². The van der Waals surface area contributed by atoms with Crippen LogP contribution in [0.4, 0.5) is 25.8 Å². The topological polar surface area (TPSA) is 18.5 Å². The first kappa shape index (κ1) is 15.1. The Morgan fingerprint density at radius 3 is 2.36 bits per heavy atom. The molecule has 0 radical (unpaired) electrons. The molecule has 22 heavy (non-hydrogen) atoms. The highest BCUT2D eigenvalue weighted by Crippen LogP contribution is 2.49. The fraction of sp³-hybridized carbons (Fsp3) is 0.250. The van der Waals surface area contributed by atoms with Crippen LogP contribution in [-0.2, 0) is 0 Å². The normalized spacial score (nSPS) is 13.6. The van der Waals surface area contributed by atoms with Crippen LogP contribution in [0.2, 0.25) is 0 Å². The van der Waals surface area contributed by atoms with Gasteiger partial charge >= 0.3 is 0 Å². The molecule has 0 fully saturated rings. The summed E-state index contributed by atoms with van der Waals surface area (Å²) in [7, 11) is 1.91. The Balaban J connectivity index is 1.94. The second kappa shape index (κ2) is 6.54. The van der Waals surface area contributed by atoms with Gasteiger partial charge in [0.25, 0.3) is 0 Å². The van der Waals surface area contributed by atoms with Crippen molar-refractivity contribution in [3.63, 3.8) is 0 Å². The highest BCUT2D eigenvalue weighted by molar-refractivity contribution is 8.02. The minimum atomic E-state index is -0.556. The fourth-order valence-electron chi connectivity index (χ4n) is 2.44. The number of hydrogen-bond acceptors (Lipinski definition) is 4. The van der Waals surface area contributed by atoms with Gasteiger partial charge in [-0.2, -0.15) is 0 Å². The first-order chi connectivity index (χ1) is 10.7. The molecule has 0 unspecified atom stereocenters. The van der Waals surface area contributed by atoms with Crippen molar-refractivity contribution < 1.29 is 8.78 Å². The number of hydrogen-bond donors (Lipinski definition) is 1. The first-order valence-electron chi connectivity index (χ1n) is 7.16. The van der Waals surface area contributed by atoms with Gasteiger partial charge < -0.3 is 5.32 Å². The van der Waals surface area contributed by atoms with Gasteiger partial charge in [-0.15, -0.1) is 0 Å². The van der Waals surface area contributed by atoms with E-state index >= 15 is 0 Å². The van der Waals surface area contributed by atoms with E-state index in [0.29, 0.717) is 0 Å². The molecule has 2 aromatic carbocycles. The lowest BCUT2D eigenvalue weighted by atomic mass is 10.2. The molecule has 1 N–H and O–H groups in total. The molecule has 0 bridgehead atoms. The number of anilines is 3. The molecule has 0 spiro atoms. The lowest BCUT2D eigenvalue weighted by molar-refractivity contribution is 0.588. The van der Waals surface area contributed by atoms with Crippen molar-refractivity contribution >= 4 is 29.2 Å². The Hall–Kier alpha value is -1.79. The van der Waals surface area contributed by atoms with Crippen molar-refractivity contribution in [1.29, 1.82) is 0 Å². The van der Waals surface area contributed by atoms with Gasteiger partial charge in [0.15, 0.2) is 11.6 Å². The fourth-order valence-corrected chi connectivity index (χ4v) is 3.59. The molecule has 1 aliphatic heterocycles. The summed E-state index contributed by atoms with van der Waals surface area (Å²) < 4.78 is 31.9. The number of nitrogens with one attached hydrogen (secondary N) is 1. The molecule has 2 aromatic rings. The summed E-state index contributed by atoms with van der Waals surface area (Å²) in [5.41, 5.74) is 1.77. The van der Waals surface area contributed by atoms with Crippen molar-refractivity contribution in [2.45, 2.75) is 6.42 Å². The molecular formula is C16H17F2N3S. The zero-order valence-corrected chi connectivity index (χ0v) is 13.0. The highest BCUT2D eigenvalue weighted by Gasteiger charge is 2.31. The summed E-state index contributed by atoms with van der Waals surface area (Å²) in [6.45, 7) is 1.70. The van der Waals surface area contributed by atoms with E-state index in [-0.39, 0.29) is 5.69 Å². The molecular weight excluding hydrogens is 304 g/mol. The average Bonchev–Trinajstić information content (AvgIpc) is 2.87. The van der Waals surface area contributed by atoms with E-state index in [9.17, 15) is 8.78 Å². The smallest absolute Gasteiger partial charge is 0.150 e. The summed E-state index contributed by atoms with van der Waals surface area (Å²) in [6, 6.07) is 11.6. The van der Waals surface area contributed by atoms with E-state index in [2.05, 4.69) is 9.62 Å². The van der Waals surface area contributed by atoms with E-state index in [1.807, 2.05) is 31.3 Å². The van der Waals surface area contributed by atoms with Crippen LogP contribution in [0.25, 0.3) is 0 Å². The Morgan fingerprint density at radius 2 is 1.68 bits per heavy atom. The van der Waals surface area contributed by atoms with Gasteiger partial charge in [-0.25, -0.2) is 8.78 Å². The van der Waals surface area contributed by atoms with Crippen LogP contribution in [-0.4, -0.2) is 20.1 Å². The molecule has 6 heteroatoms. The molecule has 0 saturated heterocycles. The summed E-state index contributed by atoms with van der Waals surface area (Å²) in [4.78, 5) is 0. The molecule has 0 atom stereocenters. The largest absolute Gasteiger partial charge is 0.320 e. The molecule has 0 aromatic heterocycles. The molecule has 3 rings (SSSR count). The molecule has 1 aliphatic rings. The van der Waals surface area contributed by atoms with Gasteiger partial charge in [0, 0.05) is 6.54 Å². The predicted octanol–water partition coefficient (Wildman–Crippen LogP) is 4.10. The van der Waals surface area contributed by atoms with Crippen molar-refractivity contribution in [3.8, 4) is 0 Å². The van der Waals surface area contributed by atoms with Crippen LogP contribution in [0.1, 0.15) is 6.42 Å². The highest BCUT2D eigenvalue weighted by atomic mass is 32.2. The Bertz CT molecular complexity index is 645. The van der Waals surface area contributed by atoms with Crippen LogP contribution in [0.3, 0.4) is 0 Å². The predicted molar refractivity (Wildman–Crippen MR) is 88.4 cm³/mol. The van der Waals surface area contributed by atoms with Gasteiger partial charge in [0.1, 0.15) is 5.69 Å². The van der Waals surface area contributed by atoms with E-state index in [4.69, 9.17) is 0 Å². The van der Waals surface area contributed by atoms with Crippen LogP contribution in [0.15, 0.2) is 42.5 Å². The van der Waals surface area contributed by atoms with Crippen LogP contribution >= 0.6 is 12.1 Å². The summed E-state index contributed by atoms with van der Waals surface area (Å²) in [6.07, 6.45) is 0.950. The Kier molecular flexibility index (Phi) is 4.49. The quantitative estimate of drug-likeness (QED) is 0.660. The Morgan fingerprint density at radius 1 is 1.00 bits per heavy atom. The summed E-state index contributed by atoms with van der Waals surface area (Å²) in [5, 5.41) is 3.11. The maximum absolute atomic E-state index is 14.1. The lowest BCUT2D eigenvalue weighted by Gasteiger charge is -2.20. The third kappa shape index (κ3) is 2.76. The summed E-state index contributed by atoms with van der Waals surface area (Å²) >= 11 is 1.33. The number of nitrogens with zero attached hydrogens (tertiary/aromatic N) is 2. The van der Waals surface area contributed by atoms with E-state index in [0.717, 1.165) is 30.9 Å². The number of halogens is 2. The van der Waals surface area contributed by atoms with Gasteiger partial charge in [0.05, 0.1) is 23.5 Å². The standard InChI is InChI=1S/C16H17F2N3S/c1-19-10-5-11-20-14-8-2-3-9-15(14)21(22-20)16-12(17)6-4-7-13(16)18/h2-4,6-9,19H,5,10-11H2,1H3. The number of fused-ring (bicyclic) bond motifs is 1. The minimum absolute atomic E-state index is 0.0175. The molecule has 116 valence electrons. The first-order valence-corrected chi connectivity index (χ1v) is 7.89. The van der Waals surface area contributed by atoms with Crippen LogP contribution in [0, 0.1) is 11.6 Å². The van der Waals surface area contributed by atoms with E-state index in [1.54, 1.807) is 4.31 Å². The third-order valence-electron chi connectivity index (χ3n) is 3.48. The number of rotatable bonds is 5. The maximum atomic E-state index is 14.1. The molecule has 0 amide bonds. The molecule has 3 nitrogen and oxygen atoms in total. The van der Waals surface area contributed by atoms with Crippen molar-refractivity contribution in [2.75, 3.05) is 28.7 Å². The van der Waals surface area contributed by atoms with E-state index in [1.165, 1.54) is 30.3 Å². The average molecular weight is 321 g/mol. The van der Waals surface area contributed by atoms with Crippen LogP contribution < -0.4 is 13.9 Å². The van der Waals surface area contributed by atoms with Crippen LogP contribution in [0.5, 0.6) is 0 Å². The van der Waals surface area contributed by atoms with Gasteiger partial charge in [0.2, 0.25) is 0 Å². The minimum Gasteiger partial charge on any atom is -0.320 e. The van der Waals surface area contributed by atoms with E-state index < -0.39 is 11.6 Å². The van der Waals surface area contributed by atoms with Gasteiger partial charge in [-0.3, -0.25) is 8.61 Å². The van der Waals surface area contributed by atoms with Crippen molar-refractivity contribution in [1.82, 2.24) is 5.32 Å². The third-order valence-corrected chi connectivity index (χ3v) is 4.60. The monoisotopic (exact) mass is 321 g/mol. The number of benzene rings is 2. The zero-order valence-electron chi connectivity index (χ0n) is 12.2. The SMILES string of the molecule is CNCCCN1SN(c2c(F)cccc2F)c2ccccc21. The maximum Gasteiger partial charge on any atom is 0.150 e. The van der Waals surface area contributed by atoms with Crippen molar-refractivity contribution in [3.05, 3.63) is 54.1 Å². The lowest BCUT2D eigenvalue weighted by Crippen LogP contribution is -2.19. The second-order valence-electron chi connectivity index (χ2n) is 4.99. The number of para-hydroxylation sites is 3. The molecule has 1 heterocycles. The summed E-state index contributed by atoms with van der Waals surface area (Å²) in [5.74, 6) is -1.11.